The van der Waals surface area contributed by atoms with Crippen LogP contribution in [-0.4, -0.2) is 61.8 Å². The van der Waals surface area contributed by atoms with Crippen LogP contribution in [0.15, 0.2) is 18.2 Å². The van der Waals surface area contributed by atoms with Crippen molar-refractivity contribution < 1.29 is 22.7 Å². The summed E-state index contributed by atoms with van der Waals surface area (Å²) in [7, 11) is -3.15. The second kappa shape index (κ2) is 10.0. The maximum Gasteiger partial charge on any atom is 0.410 e. The van der Waals surface area contributed by atoms with Crippen LogP contribution in [0.2, 0.25) is 0 Å². The lowest BCUT2D eigenvalue weighted by Gasteiger charge is -2.31. The van der Waals surface area contributed by atoms with Gasteiger partial charge < -0.3 is 14.4 Å². The maximum atomic E-state index is 12.1. The van der Waals surface area contributed by atoms with E-state index in [-0.39, 0.29) is 18.0 Å². The van der Waals surface area contributed by atoms with Crippen molar-refractivity contribution >= 4 is 16.1 Å². The zero-order valence-electron chi connectivity index (χ0n) is 18.3. The maximum absolute atomic E-state index is 12.1. The van der Waals surface area contributed by atoms with E-state index in [9.17, 15) is 13.2 Å². The molecule has 0 saturated carbocycles. The highest BCUT2D eigenvalue weighted by Crippen LogP contribution is 2.26. The number of rotatable bonds is 7. The number of piperidine rings is 1. The highest BCUT2D eigenvalue weighted by molar-refractivity contribution is 7.89. The molecule has 1 amide bonds. The van der Waals surface area contributed by atoms with Crippen LogP contribution >= 0.6 is 0 Å². The van der Waals surface area contributed by atoms with Gasteiger partial charge in [-0.15, -0.1) is 0 Å². The van der Waals surface area contributed by atoms with Crippen LogP contribution in [0.3, 0.4) is 0 Å². The predicted octanol–water partition coefficient (Wildman–Crippen LogP) is 3.42. The second-order valence-corrected chi connectivity index (χ2v) is 10.7. The van der Waals surface area contributed by atoms with Gasteiger partial charge in [0.05, 0.1) is 18.5 Å². The molecule has 0 radical (unpaired) electrons. The van der Waals surface area contributed by atoms with E-state index < -0.39 is 10.0 Å². The summed E-state index contributed by atoms with van der Waals surface area (Å²) in [5, 5.41) is 0. The van der Waals surface area contributed by atoms with Gasteiger partial charge in [0, 0.05) is 26.2 Å². The monoisotopic (exact) mass is 438 g/mol. The number of likely N-dealkylation sites (tertiary alicyclic amines) is 1. The van der Waals surface area contributed by atoms with Gasteiger partial charge in [-0.3, -0.25) is 0 Å². The van der Waals surface area contributed by atoms with Gasteiger partial charge in [-0.1, -0.05) is 6.07 Å². The molecule has 0 N–H and O–H groups in total. The zero-order chi connectivity index (χ0) is 21.7. The molecule has 3 rings (SSSR count). The number of benzene rings is 1. The lowest BCUT2D eigenvalue weighted by atomic mass is 9.94. The van der Waals surface area contributed by atoms with Crippen LogP contribution in [0.25, 0.3) is 0 Å². The van der Waals surface area contributed by atoms with Gasteiger partial charge in [0.15, 0.2) is 0 Å². The molecule has 7 nitrogen and oxygen atoms in total. The van der Waals surface area contributed by atoms with Gasteiger partial charge in [0.1, 0.15) is 5.75 Å². The molecule has 8 heteroatoms. The molecule has 0 aromatic heterocycles. The summed E-state index contributed by atoms with van der Waals surface area (Å²) in [5.74, 6) is 1.54. The Kier molecular flexibility index (Phi) is 7.63. The Labute approximate surface area is 180 Å². The van der Waals surface area contributed by atoms with E-state index in [2.05, 4.69) is 6.07 Å². The first-order valence-electron chi connectivity index (χ1n) is 11.0. The molecule has 1 aromatic carbocycles. The number of ether oxygens (including phenoxy) is 2. The highest BCUT2D eigenvalue weighted by atomic mass is 32.2. The minimum absolute atomic E-state index is 0.0839. The van der Waals surface area contributed by atoms with Crippen molar-refractivity contribution in [2.75, 3.05) is 32.0 Å². The van der Waals surface area contributed by atoms with Gasteiger partial charge in [-0.05, 0) is 75.6 Å². The number of sulfonamides is 1. The molecule has 0 aliphatic carbocycles. The van der Waals surface area contributed by atoms with Crippen LogP contribution in [0.1, 0.15) is 51.2 Å². The summed E-state index contributed by atoms with van der Waals surface area (Å²) >= 11 is 0. The van der Waals surface area contributed by atoms with E-state index in [0.29, 0.717) is 25.6 Å². The number of amides is 1. The molecule has 30 heavy (non-hydrogen) atoms. The molecule has 1 aromatic rings. The minimum Gasteiger partial charge on any atom is -0.494 e. The second-order valence-electron chi connectivity index (χ2n) is 8.41. The van der Waals surface area contributed by atoms with E-state index in [0.717, 1.165) is 50.1 Å². The number of hydrogen-bond acceptors (Lipinski definition) is 5. The van der Waals surface area contributed by atoms with Crippen LogP contribution in [0.4, 0.5) is 4.79 Å². The third kappa shape index (κ3) is 5.88. The first-order valence-corrected chi connectivity index (χ1v) is 12.6. The molecule has 1 saturated heterocycles. The van der Waals surface area contributed by atoms with Crippen LogP contribution in [0.5, 0.6) is 5.75 Å². The van der Waals surface area contributed by atoms with Crippen molar-refractivity contribution in [3.63, 3.8) is 0 Å². The average molecular weight is 439 g/mol. The number of nitrogens with zero attached hydrogens (tertiary/aromatic N) is 2. The first-order chi connectivity index (χ1) is 14.3. The molecule has 0 spiro atoms. The fraction of sp³-hybridized carbons (Fsp3) is 0.682. The molecule has 2 aliphatic rings. The number of carbonyl (C=O) groups excluding carboxylic acids is 1. The van der Waals surface area contributed by atoms with Crippen molar-refractivity contribution in [1.29, 1.82) is 0 Å². The van der Waals surface area contributed by atoms with Crippen molar-refractivity contribution in [2.24, 2.45) is 5.92 Å². The molecular formula is C22H34N2O5S. The Morgan fingerprint density at radius 2 is 1.90 bits per heavy atom. The number of hydrogen-bond donors (Lipinski definition) is 0. The van der Waals surface area contributed by atoms with Gasteiger partial charge in [0.25, 0.3) is 0 Å². The van der Waals surface area contributed by atoms with E-state index in [4.69, 9.17) is 9.47 Å². The molecule has 0 bridgehead atoms. The Morgan fingerprint density at radius 3 is 2.57 bits per heavy atom. The van der Waals surface area contributed by atoms with Crippen LogP contribution < -0.4 is 4.74 Å². The SMILES string of the molecule is CCS(=O)(=O)N1CCc2cc(OCCC3CCN(C(=O)OC(C)C)CC3)ccc2C1. The van der Waals surface area contributed by atoms with Crippen molar-refractivity contribution in [3.8, 4) is 5.75 Å². The molecular weight excluding hydrogens is 404 g/mol. The van der Waals surface area contributed by atoms with E-state index in [1.54, 1.807) is 16.1 Å². The lowest BCUT2D eigenvalue weighted by molar-refractivity contribution is 0.0637. The third-order valence-corrected chi connectivity index (χ3v) is 7.75. The van der Waals surface area contributed by atoms with Gasteiger partial charge >= 0.3 is 6.09 Å². The molecule has 0 unspecified atom stereocenters. The summed E-state index contributed by atoms with van der Waals surface area (Å²) in [6.45, 7) is 8.53. The molecule has 2 aliphatic heterocycles. The van der Waals surface area contributed by atoms with Crippen molar-refractivity contribution in [3.05, 3.63) is 29.3 Å². The standard InChI is InChI=1S/C22H34N2O5S/c1-4-30(26,27)24-13-9-19-15-21(6-5-20(19)16-24)28-14-10-18-7-11-23(12-8-18)22(25)29-17(2)3/h5-6,15,17-18H,4,7-14,16H2,1-3H3. The van der Waals surface area contributed by atoms with Crippen LogP contribution in [0, 0.1) is 5.92 Å². The number of fused-ring (bicyclic) bond motifs is 1. The molecule has 1 fully saturated rings. The van der Waals surface area contributed by atoms with E-state index in [1.807, 2.05) is 26.0 Å². The summed E-state index contributed by atoms with van der Waals surface area (Å²) < 4.78 is 37.0. The fourth-order valence-corrected chi connectivity index (χ4v) is 5.11. The van der Waals surface area contributed by atoms with E-state index >= 15 is 0 Å². The fourth-order valence-electron chi connectivity index (χ4n) is 4.04. The Morgan fingerprint density at radius 1 is 1.17 bits per heavy atom. The Hall–Kier alpha value is -1.80. The van der Waals surface area contributed by atoms with E-state index in [1.165, 1.54) is 5.56 Å². The quantitative estimate of drug-likeness (QED) is 0.652. The summed E-state index contributed by atoms with van der Waals surface area (Å²) in [6, 6.07) is 5.97. The zero-order valence-corrected chi connectivity index (χ0v) is 19.1. The number of carbonyl (C=O) groups is 1. The van der Waals surface area contributed by atoms with Gasteiger partial charge in [0.2, 0.25) is 10.0 Å². The topological polar surface area (TPSA) is 76.2 Å². The van der Waals surface area contributed by atoms with Crippen molar-refractivity contribution in [2.45, 2.75) is 59.1 Å². The molecule has 168 valence electrons. The summed E-state index contributed by atoms with van der Waals surface area (Å²) in [4.78, 5) is 13.8. The third-order valence-electron chi connectivity index (χ3n) is 5.92. The highest BCUT2D eigenvalue weighted by Gasteiger charge is 2.26. The first kappa shape index (κ1) is 22.9. The van der Waals surface area contributed by atoms with Crippen LogP contribution in [-0.2, 0) is 27.7 Å². The largest absolute Gasteiger partial charge is 0.494 e. The molecule has 2 heterocycles. The van der Waals surface area contributed by atoms with Crippen molar-refractivity contribution in [1.82, 2.24) is 9.21 Å². The summed E-state index contributed by atoms with van der Waals surface area (Å²) in [6.07, 6.45) is 3.34. The molecule has 0 atom stereocenters. The average Bonchev–Trinajstić information content (AvgIpc) is 2.73. The van der Waals surface area contributed by atoms with Gasteiger partial charge in [-0.25, -0.2) is 13.2 Å². The Balaban J connectivity index is 1.43. The predicted molar refractivity (Wildman–Crippen MR) is 116 cm³/mol. The lowest BCUT2D eigenvalue weighted by Crippen LogP contribution is -2.39. The minimum atomic E-state index is -3.15. The summed E-state index contributed by atoms with van der Waals surface area (Å²) in [5.41, 5.74) is 2.23. The normalized spacial score (nSPS) is 18.3. The smallest absolute Gasteiger partial charge is 0.410 e. The Bertz CT molecular complexity index is 832. The van der Waals surface area contributed by atoms with Gasteiger partial charge in [-0.2, -0.15) is 4.31 Å².